The van der Waals surface area contributed by atoms with Gasteiger partial charge in [-0.2, -0.15) is 0 Å². The van der Waals surface area contributed by atoms with Gasteiger partial charge in [0.2, 0.25) is 0 Å². The third kappa shape index (κ3) is 4.84. The molecule has 2 N–H and O–H groups in total. The van der Waals surface area contributed by atoms with Crippen LogP contribution in [0.4, 0.5) is 17.1 Å². The Hall–Kier alpha value is -3.03. The van der Waals surface area contributed by atoms with E-state index in [2.05, 4.69) is 10.6 Å². The Morgan fingerprint density at radius 1 is 0.727 bits per heavy atom. The number of halogens is 4. The van der Waals surface area contributed by atoms with Crippen molar-refractivity contribution in [2.24, 2.45) is 0 Å². The Morgan fingerprint density at radius 2 is 1.33 bits per heavy atom. The quantitative estimate of drug-likeness (QED) is 0.385. The molecule has 0 unspecified atom stereocenters. The highest BCUT2D eigenvalue weighted by Crippen LogP contribution is 2.35. The van der Waals surface area contributed by atoms with E-state index >= 15 is 0 Å². The van der Waals surface area contributed by atoms with Crippen molar-refractivity contribution in [1.82, 2.24) is 0 Å². The zero-order valence-electron chi connectivity index (χ0n) is 16.5. The third-order valence-electron chi connectivity index (χ3n) is 4.70. The molecule has 0 aliphatic carbocycles. The summed E-state index contributed by atoms with van der Waals surface area (Å²) in [6.07, 6.45) is 0. The van der Waals surface area contributed by atoms with Gasteiger partial charge < -0.3 is 10.6 Å². The van der Waals surface area contributed by atoms with Crippen LogP contribution in [0.25, 0.3) is 0 Å². The first kappa shape index (κ1) is 23.1. The van der Waals surface area contributed by atoms with Crippen LogP contribution in [-0.4, -0.2) is 17.7 Å². The number of anilines is 3. The van der Waals surface area contributed by atoms with Gasteiger partial charge in [0.1, 0.15) is 10.7 Å². The van der Waals surface area contributed by atoms with E-state index in [0.717, 1.165) is 4.90 Å². The molecule has 0 saturated heterocycles. The summed E-state index contributed by atoms with van der Waals surface area (Å²) in [6.45, 7) is 0. The normalized spacial score (nSPS) is 13.5. The fraction of sp³-hybridized carbons (Fsp3) is 0. The van der Waals surface area contributed by atoms with E-state index in [4.69, 9.17) is 46.4 Å². The Bertz CT molecular complexity index is 1310. The summed E-state index contributed by atoms with van der Waals surface area (Å²) in [7, 11) is 0. The van der Waals surface area contributed by atoms with Crippen molar-refractivity contribution in [2.45, 2.75) is 0 Å². The largest absolute Gasteiger partial charge is 0.350 e. The molecule has 0 aromatic heterocycles. The number of hydrogen-bond acceptors (Lipinski definition) is 4. The van der Waals surface area contributed by atoms with E-state index in [1.165, 1.54) is 18.2 Å². The molecule has 0 radical (unpaired) electrons. The van der Waals surface area contributed by atoms with Gasteiger partial charge in [-0.1, -0.05) is 46.4 Å². The Morgan fingerprint density at radius 3 is 1.97 bits per heavy atom. The van der Waals surface area contributed by atoms with Crippen molar-refractivity contribution >= 4 is 81.2 Å². The number of carbonyl (C=O) groups excluding carboxylic acids is 3. The van der Waals surface area contributed by atoms with E-state index in [9.17, 15) is 14.4 Å². The molecule has 0 bridgehead atoms. The monoisotopic (exact) mass is 519 g/mol. The van der Waals surface area contributed by atoms with Crippen molar-refractivity contribution in [3.63, 3.8) is 0 Å². The first-order valence-corrected chi connectivity index (χ1v) is 10.9. The number of carbonyl (C=O) groups is 3. The van der Waals surface area contributed by atoms with Crippen LogP contribution < -0.4 is 15.5 Å². The highest BCUT2D eigenvalue weighted by Gasteiger charge is 2.39. The molecule has 0 spiro atoms. The average Bonchev–Trinajstić information content (AvgIpc) is 2.99. The first-order valence-electron chi connectivity index (χ1n) is 9.42. The smallest absolute Gasteiger partial charge is 0.283 e. The average molecular weight is 521 g/mol. The van der Waals surface area contributed by atoms with Crippen molar-refractivity contribution in [3.05, 3.63) is 98.1 Å². The molecular weight excluding hydrogens is 508 g/mol. The fourth-order valence-corrected chi connectivity index (χ4v) is 3.91. The second kappa shape index (κ2) is 9.45. The van der Waals surface area contributed by atoms with Crippen LogP contribution in [-0.2, 0) is 9.59 Å². The van der Waals surface area contributed by atoms with Gasteiger partial charge in [-0.05, 0) is 66.7 Å². The molecule has 0 fully saturated rings. The minimum Gasteiger partial charge on any atom is -0.350 e. The minimum atomic E-state index is -0.715. The van der Waals surface area contributed by atoms with E-state index in [1.54, 1.807) is 48.5 Å². The number of benzene rings is 3. The summed E-state index contributed by atoms with van der Waals surface area (Å²) in [4.78, 5) is 38.8. The van der Waals surface area contributed by atoms with Crippen LogP contribution in [0.15, 0.2) is 77.5 Å². The van der Waals surface area contributed by atoms with Crippen LogP contribution in [0.2, 0.25) is 15.1 Å². The highest BCUT2D eigenvalue weighted by molar-refractivity contribution is 6.54. The van der Waals surface area contributed by atoms with E-state index in [1.807, 2.05) is 0 Å². The van der Waals surface area contributed by atoms with Gasteiger partial charge in [-0.3, -0.25) is 14.4 Å². The molecule has 33 heavy (non-hydrogen) atoms. The number of nitrogens with zero attached hydrogens (tertiary/aromatic N) is 1. The van der Waals surface area contributed by atoms with Gasteiger partial charge in [0.25, 0.3) is 17.7 Å². The lowest BCUT2D eigenvalue weighted by Gasteiger charge is -2.16. The van der Waals surface area contributed by atoms with E-state index in [0.29, 0.717) is 27.0 Å². The zero-order chi connectivity index (χ0) is 23.7. The van der Waals surface area contributed by atoms with Gasteiger partial charge >= 0.3 is 0 Å². The Kier molecular flexibility index (Phi) is 6.63. The standard InChI is InChI=1S/C23H13Cl4N3O3/c24-13-3-8-16(9-4-13)29-21(31)12-1-6-15(7-2-12)28-20-19(27)22(32)30(23(20)33)18-10-5-14(25)11-17(18)26/h1-11,28H,(H,29,31). The maximum atomic E-state index is 12.9. The van der Waals surface area contributed by atoms with Crippen molar-refractivity contribution in [1.29, 1.82) is 0 Å². The predicted octanol–water partition coefficient (Wildman–Crippen LogP) is 6.33. The second-order valence-corrected chi connectivity index (χ2v) is 8.55. The molecule has 6 nitrogen and oxygen atoms in total. The van der Waals surface area contributed by atoms with Crippen molar-refractivity contribution in [2.75, 3.05) is 15.5 Å². The molecule has 10 heteroatoms. The Balaban J connectivity index is 1.49. The lowest BCUT2D eigenvalue weighted by molar-refractivity contribution is -0.120. The van der Waals surface area contributed by atoms with Gasteiger partial charge in [-0.15, -0.1) is 0 Å². The summed E-state index contributed by atoms with van der Waals surface area (Å²) < 4.78 is 0. The lowest BCUT2D eigenvalue weighted by Crippen LogP contribution is -2.32. The molecule has 1 aliphatic rings. The van der Waals surface area contributed by atoms with E-state index < -0.39 is 11.8 Å². The number of nitrogens with one attached hydrogen (secondary N) is 2. The minimum absolute atomic E-state index is 0.106. The predicted molar refractivity (Wildman–Crippen MR) is 131 cm³/mol. The van der Waals surface area contributed by atoms with Gasteiger partial charge in [-0.25, -0.2) is 4.90 Å². The van der Waals surface area contributed by atoms with Gasteiger partial charge in [0.05, 0.1) is 10.7 Å². The van der Waals surface area contributed by atoms with Crippen molar-refractivity contribution in [3.8, 4) is 0 Å². The molecule has 4 rings (SSSR count). The van der Waals surface area contributed by atoms with Crippen LogP contribution in [0.1, 0.15) is 10.4 Å². The topological polar surface area (TPSA) is 78.5 Å². The molecule has 0 saturated carbocycles. The van der Waals surface area contributed by atoms with Crippen LogP contribution >= 0.6 is 46.4 Å². The summed E-state index contributed by atoms with van der Waals surface area (Å²) in [6, 6.07) is 17.4. The number of rotatable bonds is 5. The molecular formula is C23H13Cl4N3O3. The molecule has 166 valence electrons. The summed E-state index contributed by atoms with van der Waals surface area (Å²) in [5.74, 6) is -1.71. The van der Waals surface area contributed by atoms with E-state index in [-0.39, 0.29) is 27.3 Å². The molecule has 3 aromatic rings. The number of amides is 3. The summed E-state index contributed by atoms with van der Waals surface area (Å²) in [5, 5.41) is 6.37. The fourth-order valence-electron chi connectivity index (χ4n) is 3.08. The Labute approximate surface area is 208 Å². The number of imide groups is 1. The second-order valence-electron chi connectivity index (χ2n) is 6.89. The van der Waals surface area contributed by atoms with Crippen LogP contribution in [0, 0.1) is 0 Å². The summed E-state index contributed by atoms with van der Waals surface area (Å²) >= 11 is 24.0. The molecule has 0 atom stereocenters. The van der Waals surface area contributed by atoms with Crippen LogP contribution in [0.3, 0.4) is 0 Å². The molecule has 1 heterocycles. The van der Waals surface area contributed by atoms with Crippen molar-refractivity contribution < 1.29 is 14.4 Å². The molecule has 1 aliphatic heterocycles. The first-order chi connectivity index (χ1) is 15.7. The summed E-state index contributed by atoms with van der Waals surface area (Å²) in [5.41, 5.74) is 1.50. The zero-order valence-corrected chi connectivity index (χ0v) is 19.6. The maximum Gasteiger partial charge on any atom is 0.283 e. The van der Waals surface area contributed by atoms with Gasteiger partial charge in [0.15, 0.2) is 0 Å². The van der Waals surface area contributed by atoms with Crippen LogP contribution in [0.5, 0.6) is 0 Å². The van der Waals surface area contributed by atoms with Gasteiger partial charge in [0, 0.05) is 27.0 Å². The maximum absolute atomic E-state index is 12.9. The molecule has 3 aromatic carbocycles. The SMILES string of the molecule is O=C(Nc1ccc(Cl)cc1)c1ccc(NC2=C(Cl)C(=O)N(c3ccc(Cl)cc3Cl)C2=O)cc1. The highest BCUT2D eigenvalue weighted by atomic mass is 35.5. The lowest BCUT2D eigenvalue weighted by atomic mass is 10.2. The molecule has 3 amide bonds. The number of hydrogen-bond donors (Lipinski definition) is 2. The third-order valence-corrected chi connectivity index (χ3v) is 5.84.